The zero-order valence-electron chi connectivity index (χ0n) is 13.1. The van der Waals surface area contributed by atoms with Crippen LogP contribution in [0.2, 0.25) is 5.02 Å². The quantitative estimate of drug-likeness (QED) is 0.802. The van der Waals surface area contributed by atoms with Gasteiger partial charge in [0, 0.05) is 27.7 Å². The fourth-order valence-corrected chi connectivity index (χ4v) is 4.55. The first-order chi connectivity index (χ1) is 11.2. The Morgan fingerprint density at radius 1 is 1.08 bits per heavy atom. The van der Waals surface area contributed by atoms with Gasteiger partial charge in [0.1, 0.15) is 0 Å². The Hall–Kier alpha value is -1.20. The van der Waals surface area contributed by atoms with Crippen molar-refractivity contribution < 1.29 is 22.1 Å². The topological polar surface area (TPSA) is 24.8 Å². The fourth-order valence-electron chi connectivity index (χ4n) is 3.34. The minimum Gasteiger partial charge on any atom is -1.00 e. The Morgan fingerprint density at radius 2 is 1.79 bits per heavy atom. The summed E-state index contributed by atoms with van der Waals surface area (Å²) in [5.74, 6) is 0.151. The molecule has 3 nitrogen and oxygen atoms in total. The van der Waals surface area contributed by atoms with Gasteiger partial charge in [-0.25, -0.2) is 0 Å². The molecule has 0 unspecified atom stereocenters. The molecular formula is C18H18Cl2N2OS. The summed E-state index contributed by atoms with van der Waals surface area (Å²) in [5, 5.41) is 0.662. The Kier molecular flexibility index (Phi) is 5.40. The molecule has 2 aliphatic heterocycles. The molecule has 1 fully saturated rings. The summed E-state index contributed by atoms with van der Waals surface area (Å²) in [5.41, 5.74) is 1.88. The number of amides is 1. The van der Waals surface area contributed by atoms with Crippen LogP contribution in [0.3, 0.4) is 0 Å². The molecule has 0 bridgehead atoms. The minimum atomic E-state index is 0. The lowest BCUT2D eigenvalue weighted by molar-refractivity contribution is -0.878. The molecule has 0 radical (unpaired) electrons. The predicted molar refractivity (Wildman–Crippen MR) is 94.0 cm³/mol. The van der Waals surface area contributed by atoms with Crippen LogP contribution in [0.25, 0.3) is 0 Å². The van der Waals surface area contributed by atoms with Crippen molar-refractivity contribution >= 4 is 40.6 Å². The summed E-state index contributed by atoms with van der Waals surface area (Å²) in [4.78, 5) is 18.5. The minimum absolute atomic E-state index is 0. The molecule has 2 aromatic rings. The van der Waals surface area contributed by atoms with Gasteiger partial charge in [-0.15, -0.1) is 0 Å². The first-order valence-corrected chi connectivity index (χ1v) is 9.15. The van der Waals surface area contributed by atoms with Crippen LogP contribution in [0.1, 0.15) is 12.8 Å². The molecule has 0 saturated carbocycles. The molecule has 0 aromatic heterocycles. The van der Waals surface area contributed by atoms with Gasteiger partial charge >= 0.3 is 0 Å². The lowest BCUT2D eigenvalue weighted by atomic mass is 10.2. The number of fused-ring (bicyclic) bond motifs is 2. The van der Waals surface area contributed by atoms with Crippen LogP contribution >= 0.6 is 23.4 Å². The van der Waals surface area contributed by atoms with Gasteiger partial charge in [0.25, 0.3) is 5.91 Å². The summed E-state index contributed by atoms with van der Waals surface area (Å²) in [7, 11) is 0. The maximum atomic E-state index is 13.0. The lowest BCUT2D eigenvalue weighted by Gasteiger charge is -2.31. The molecule has 2 aromatic carbocycles. The largest absolute Gasteiger partial charge is 1.00 e. The number of hydrogen-bond donors (Lipinski definition) is 1. The lowest BCUT2D eigenvalue weighted by Crippen LogP contribution is -3.11. The molecule has 6 heteroatoms. The first-order valence-electron chi connectivity index (χ1n) is 7.95. The van der Waals surface area contributed by atoms with Crippen LogP contribution in [0.15, 0.2) is 52.3 Å². The smallest absolute Gasteiger partial charge is 0.286 e. The van der Waals surface area contributed by atoms with Crippen LogP contribution in [0, 0.1) is 0 Å². The van der Waals surface area contributed by atoms with E-state index in [1.165, 1.54) is 17.7 Å². The number of halogens is 2. The summed E-state index contributed by atoms with van der Waals surface area (Å²) in [6.45, 7) is 2.74. The van der Waals surface area contributed by atoms with Gasteiger partial charge in [0.2, 0.25) is 0 Å². The second-order valence-electron chi connectivity index (χ2n) is 6.04. The van der Waals surface area contributed by atoms with Crippen molar-refractivity contribution in [2.24, 2.45) is 0 Å². The number of nitrogens with zero attached hydrogens (tertiary/aromatic N) is 1. The Morgan fingerprint density at radius 3 is 2.58 bits per heavy atom. The summed E-state index contributed by atoms with van der Waals surface area (Å²) in [6, 6.07) is 13.9. The van der Waals surface area contributed by atoms with Crippen molar-refractivity contribution in [1.82, 2.24) is 0 Å². The first kappa shape index (κ1) is 17.6. The maximum absolute atomic E-state index is 13.0. The van der Waals surface area contributed by atoms with Gasteiger partial charge < -0.3 is 17.3 Å². The molecule has 2 aliphatic rings. The highest BCUT2D eigenvalue weighted by atomic mass is 35.5. The molecule has 1 amide bonds. The monoisotopic (exact) mass is 380 g/mol. The van der Waals surface area contributed by atoms with E-state index in [1.54, 1.807) is 11.8 Å². The van der Waals surface area contributed by atoms with E-state index >= 15 is 0 Å². The van der Waals surface area contributed by atoms with Gasteiger partial charge in [0.05, 0.1) is 24.5 Å². The van der Waals surface area contributed by atoms with Gasteiger partial charge in [-0.2, -0.15) is 0 Å². The van der Waals surface area contributed by atoms with Crippen molar-refractivity contribution in [3.63, 3.8) is 0 Å². The number of quaternary nitrogens is 1. The molecule has 126 valence electrons. The molecule has 2 heterocycles. The van der Waals surface area contributed by atoms with Crippen molar-refractivity contribution in [1.29, 1.82) is 0 Å². The number of rotatable bonds is 2. The maximum Gasteiger partial charge on any atom is 0.286 e. The second kappa shape index (κ2) is 7.36. The van der Waals surface area contributed by atoms with E-state index in [2.05, 4.69) is 6.07 Å². The van der Waals surface area contributed by atoms with Crippen molar-refractivity contribution in [2.75, 3.05) is 24.5 Å². The third-order valence-electron chi connectivity index (χ3n) is 4.45. The molecule has 24 heavy (non-hydrogen) atoms. The van der Waals surface area contributed by atoms with Crippen LogP contribution < -0.4 is 22.2 Å². The average molecular weight is 381 g/mol. The molecule has 0 spiro atoms. The standard InChI is InChI=1S/C18H17ClN2OS.ClH/c19-13-7-8-17-15(11-13)21(14-5-1-2-6-16(14)23-17)18(22)12-20-9-3-4-10-20;/h1-2,5-8,11H,3-4,9-10,12H2;1H. The van der Waals surface area contributed by atoms with E-state index < -0.39 is 0 Å². The zero-order chi connectivity index (χ0) is 15.8. The van der Waals surface area contributed by atoms with E-state index in [0.29, 0.717) is 11.6 Å². The van der Waals surface area contributed by atoms with Crippen LogP contribution in [0.5, 0.6) is 0 Å². The number of carbonyl (C=O) groups is 1. The normalized spacial score (nSPS) is 16.3. The zero-order valence-corrected chi connectivity index (χ0v) is 15.4. The number of para-hydroxylation sites is 1. The summed E-state index contributed by atoms with van der Waals surface area (Å²) < 4.78 is 0. The third-order valence-corrected chi connectivity index (χ3v) is 5.81. The highest BCUT2D eigenvalue weighted by Gasteiger charge is 2.31. The van der Waals surface area contributed by atoms with Crippen molar-refractivity contribution in [2.45, 2.75) is 22.6 Å². The van der Waals surface area contributed by atoms with Gasteiger partial charge in [-0.1, -0.05) is 35.5 Å². The highest BCUT2D eigenvalue weighted by Crippen LogP contribution is 2.48. The Balaban J connectivity index is 0.00000169. The number of carbonyl (C=O) groups excluding carboxylic acids is 1. The van der Waals surface area contributed by atoms with Gasteiger partial charge in [0.15, 0.2) is 6.54 Å². The summed E-state index contributed by atoms with van der Waals surface area (Å²) >= 11 is 7.89. The van der Waals surface area contributed by atoms with Crippen LogP contribution in [-0.2, 0) is 4.79 Å². The van der Waals surface area contributed by atoms with Gasteiger partial charge in [-0.05, 0) is 30.3 Å². The predicted octanol–water partition coefficient (Wildman–Crippen LogP) is 0.152. The summed E-state index contributed by atoms with van der Waals surface area (Å²) in [6.07, 6.45) is 2.44. The van der Waals surface area contributed by atoms with Crippen molar-refractivity contribution in [3.8, 4) is 0 Å². The van der Waals surface area contributed by atoms with Crippen molar-refractivity contribution in [3.05, 3.63) is 47.5 Å². The third kappa shape index (κ3) is 3.29. The van der Waals surface area contributed by atoms with E-state index in [1.807, 2.05) is 41.3 Å². The SMILES string of the molecule is O=C(C[NH+]1CCCC1)N1c2ccccc2Sc2ccc(Cl)cc21.[Cl-]. The van der Waals surface area contributed by atoms with E-state index in [4.69, 9.17) is 11.6 Å². The number of hydrogen-bond acceptors (Lipinski definition) is 2. The van der Waals surface area contributed by atoms with Crippen LogP contribution in [-0.4, -0.2) is 25.5 Å². The Labute approximate surface area is 157 Å². The second-order valence-corrected chi connectivity index (χ2v) is 7.57. The van der Waals surface area contributed by atoms with E-state index in [-0.39, 0.29) is 18.3 Å². The highest BCUT2D eigenvalue weighted by molar-refractivity contribution is 7.99. The molecule has 1 N–H and O–H groups in total. The number of nitrogens with one attached hydrogen (secondary N) is 1. The van der Waals surface area contributed by atoms with E-state index in [9.17, 15) is 4.79 Å². The Bertz CT molecular complexity index is 762. The molecule has 1 saturated heterocycles. The van der Waals surface area contributed by atoms with Crippen LogP contribution in [0.4, 0.5) is 11.4 Å². The molecule has 0 aliphatic carbocycles. The molecule has 0 atom stereocenters. The van der Waals surface area contributed by atoms with E-state index in [0.717, 1.165) is 34.3 Å². The molecule has 4 rings (SSSR count). The number of likely N-dealkylation sites (tertiary alicyclic amines) is 1. The average Bonchev–Trinajstić information content (AvgIpc) is 3.05. The molecular weight excluding hydrogens is 363 g/mol. The number of anilines is 2. The van der Waals surface area contributed by atoms with Gasteiger partial charge in [-0.3, -0.25) is 9.69 Å². The number of benzene rings is 2. The fraction of sp³-hybridized carbons (Fsp3) is 0.278.